The Kier molecular flexibility index (Phi) is 3.86. The minimum atomic E-state index is -3.10. The Hall–Kier alpha value is -0.880. The largest absolute Gasteiger partial charge is 0.346 e. The molecule has 5 nitrogen and oxygen atoms in total. The van der Waals surface area contributed by atoms with Gasteiger partial charge in [-0.3, -0.25) is 0 Å². The van der Waals surface area contributed by atoms with Gasteiger partial charge in [-0.2, -0.15) is 0 Å². The zero-order valence-electron chi connectivity index (χ0n) is 12.0. The van der Waals surface area contributed by atoms with Gasteiger partial charge in [-0.15, -0.1) is 0 Å². The number of H-pyrrole nitrogens is 1. The van der Waals surface area contributed by atoms with E-state index in [2.05, 4.69) is 9.97 Å². The van der Waals surface area contributed by atoms with Gasteiger partial charge in [0.05, 0.1) is 5.25 Å². The maximum Gasteiger partial charge on any atom is 0.217 e. The predicted octanol–water partition coefficient (Wildman–Crippen LogP) is 2.17. The lowest BCUT2D eigenvalue weighted by atomic mass is 10.0. The molecule has 0 aromatic carbocycles. The lowest BCUT2D eigenvalue weighted by Crippen LogP contribution is -2.38. The quantitative estimate of drug-likeness (QED) is 0.930. The fraction of sp³-hybridized carbons (Fsp3) is 0.786. The van der Waals surface area contributed by atoms with E-state index in [4.69, 9.17) is 0 Å². The monoisotopic (exact) mass is 297 g/mol. The van der Waals surface area contributed by atoms with Crippen molar-refractivity contribution >= 4 is 10.0 Å². The number of nitrogens with one attached hydrogen (secondary N) is 1. The van der Waals surface area contributed by atoms with Crippen LogP contribution < -0.4 is 0 Å². The van der Waals surface area contributed by atoms with Crippen LogP contribution in [0.5, 0.6) is 0 Å². The molecule has 1 atom stereocenters. The second-order valence-corrected chi connectivity index (χ2v) is 8.31. The number of hydrogen-bond acceptors (Lipinski definition) is 3. The Morgan fingerprint density at radius 1 is 1.25 bits per heavy atom. The van der Waals surface area contributed by atoms with E-state index < -0.39 is 10.0 Å². The average molecular weight is 297 g/mol. The van der Waals surface area contributed by atoms with Gasteiger partial charge in [0.2, 0.25) is 10.0 Å². The molecule has 2 aliphatic rings. The minimum Gasteiger partial charge on any atom is -0.346 e. The van der Waals surface area contributed by atoms with Gasteiger partial charge in [-0.05, 0) is 26.2 Å². The summed E-state index contributed by atoms with van der Waals surface area (Å²) in [6, 6.07) is 0. The number of sulfonamides is 1. The number of imidazole rings is 1. The molecule has 1 aromatic rings. The van der Waals surface area contributed by atoms with E-state index in [-0.39, 0.29) is 11.2 Å². The van der Waals surface area contributed by atoms with Crippen LogP contribution in [0.3, 0.4) is 0 Å². The third-order valence-corrected chi connectivity index (χ3v) is 6.96. The summed E-state index contributed by atoms with van der Waals surface area (Å²) >= 11 is 0. The summed E-state index contributed by atoms with van der Waals surface area (Å²) in [6.07, 6.45) is 7.65. The second-order valence-electron chi connectivity index (χ2n) is 6.10. The van der Waals surface area contributed by atoms with Crippen LogP contribution in [-0.4, -0.2) is 41.0 Å². The van der Waals surface area contributed by atoms with Crippen molar-refractivity contribution in [2.75, 3.05) is 13.1 Å². The third-order valence-electron chi connectivity index (χ3n) is 4.59. The van der Waals surface area contributed by atoms with Gasteiger partial charge < -0.3 is 4.98 Å². The Bertz CT molecular complexity index is 561. The van der Waals surface area contributed by atoms with Crippen LogP contribution in [0.4, 0.5) is 0 Å². The second kappa shape index (κ2) is 5.48. The molecule has 1 aliphatic carbocycles. The molecule has 20 heavy (non-hydrogen) atoms. The SMILES string of the molecule is Cc1cnc(C2CCN(S(=O)(=O)C3CCCCC3)C2)[nH]1. The highest BCUT2D eigenvalue weighted by atomic mass is 32.2. The molecule has 1 aromatic heterocycles. The van der Waals surface area contributed by atoms with Crippen molar-refractivity contribution in [3.8, 4) is 0 Å². The number of nitrogens with zero attached hydrogens (tertiary/aromatic N) is 2. The molecule has 1 unspecified atom stereocenters. The van der Waals surface area contributed by atoms with E-state index >= 15 is 0 Å². The van der Waals surface area contributed by atoms with E-state index in [1.807, 2.05) is 13.1 Å². The van der Waals surface area contributed by atoms with E-state index in [9.17, 15) is 8.42 Å². The van der Waals surface area contributed by atoms with Gasteiger partial charge in [0.25, 0.3) is 0 Å². The smallest absolute Gasteiger partial charge is 0.217 e. The standard InChI is InChI=1S/C14H23N3O2S/c1-11-9-15-14(16-11)12-7-8-17(10-12)20(18,19)13-5-3-2-4-6-13/h9,12-13H,2-8,10H2,1H3,(H,15,16). The van der Waals surface area contributed by atoms with Gasteiger partial charge >= 0.3 is 0 Å². The van der Waals surface area contributed by atoms with Crippen molar-refractivity contribution in [2.45, 2.75) is 56.6 Å². The lowest BCUT2D eigenvalue weighted by Gasteiger charge is -2.26. The van der Waals surface area contributed by atoms with Crippen molar-refractivity contribution in [3.63, 3.8) is 0 Å². The summed E-state index contributed by atoms with van der Waals surface area (Å²) in [5, 5.41) is -0.145. The predicted molar refractivity (Wildman–Crippen MR) is 78.0 cm³/mol. The summed E-state index contributed by atoms with van der Waals surface area (Å²) in [5.41, 5.74) is 1.04. The normalized spacial score (nSPS) is 26.1. The molecule has 1 aliphatic heterocycles. The average Bonchev–Trinajstić information content (AvgIpc) is 3.08. The first-order valence-corrected chi connectivity index (χ1v) is 9.08. The Morgan fingerprint density at radius 2 is 2.00 bits per heavy atom. The van der Waals surface area contributed by atoms with Crippen molar-refractivity contribution in [2.24, 2.45) is 0 Å². The molecule has 2 fully saturated rings. The van der Waals surface area contributed by atoms with Crippen molar-refractivity contribution < 1.29 is 8.42 Å². The molecular formula is C14H23N3O2S. The summed E-state index contributed by atoms with van der Waals surface area (Å²) in [6.45, 7) is 3.21. The number of rotatable bonds is 3. The first-order valence-electron chi connectivity index (χ1n) is 7.58. The number of aromatic nitrogens is 2. The van der Waals surface area contributed by atoms with Crippen molar-refractivity contribution in [1.82, 2.24) is 14.3 Å². The minimum absolute atomic E-state index is 0.145. The number of hydrogen-bond donors (Lipinski definition) is 1. The zero-order chi connectivity index (χ0) is 14.2. The first kappa shape index (κ1) is 14.1. The molecule has 112 valence electrons. The maximum atomic E-state index is 12.7. The first-order chi connectivity index (χ1) is 9.57. The molecule has 0 bridgehead atoms. The zero-order valence-corrected chi connectivity index (χ0v) is 12.8. The van der Waals surface area contributed by atoms with Gasteiger partial charge in [0.15, 0.2) is 0 Å². The molecule has 3 rings (SSSR count). The Balaban J connectivity index is 1.69. The van der Waals surface area contributed by atoms with E-state index in [1.165, 1.54) is 6.42 Å². The number of aromatic amines is 1. The van der Waals surface area contributed by atoms with E-state index in [0.29, 0.717) is 13.1 Å². The fourth-order valence-electron chi connectivity index (χ4n) is 3.40. The summed E-state index contributed by atoms with van der Waals surface area (Å²) < 4.78 is 27.0. The van der Waals surface area contributed by atoms with Gasteiger partial charge in [-0.1, -0.05) is 19.3 Å². The van der Waals surface area contributed by atoms with Crippen LogP contribution in [0.25, 0.3) is 0 Å². The Labute approximate surface area is 120 Å². The highest BCUT2D eigenvalue weighted by molar-refractivity contribution is 7.89. The molecule has 1 saturated carbocycles. The third kappa shape index (κ3) is 2.63. The van der Waals surface area contributed by atoms with Gasteiger partial charge in [0.1, 0.15) is 5.82 Å². The summed E-state index contributed by atoms with van der Waals surface area (Å²) in [4.78, 5) is 7.59. The highest BCUT2D eigenvalue weighted by Gasteiger charge is 2.38. The van der Waals surface area contributed by atoms with Crippen LogP contribution in [0.2, 0.25) is 0 Å². The van der Waals surface area contributed by atoms with Crippen LogP contribution >= 0.6 is 0 Å². The Morgan fingerprint density at radius 3 is 2.65 bits per heavy atom. The topological polar surface area (TPSA) is 66.1 Å². The molecular weight excluding hydrogens is 274 g/mol. The fourth-order valence-corrected chi connectivity index (χ4v) is 5.50. The molecule has 0 radical (unpaired) electrons. The molecule has 0 spiro atoms. The van der Waals surface area contributed by atoms with Crippen LogP contribution in [0, 0.1) is 6.92 Å². The molecule has 6 heteroatoms. The summed E-state index contributed by atoms with van der Waals surface area (Å²) in [5.74, 6) is 1.16. The van der Waals surface area contributed by atoms with Crippen LogP contribution in [0.1, 0.15) is 56.0 Å². The number of aryl methyl sites for hydroxylation is 1. The van der Waals surface area contributed by atoms with E-state index in [1.54, 1.807) is 4.31 Å². The lowest BCUT2D eigenvalue weighted by molar-refractivity contribution is 0.426. The van der Waals surface area contributed by atoms with Crippen molar-refractivity contribution in [1.29, 1.82) is 0 Å². The van der Waals surface area contributed by atoms with Gasteiger partial charge in [0, 0.05) is 30.9 Å². The molecule has 1 N–H and O–H groups in total. The van der Waals surface area contributed by atoms with E-state index in [0.717, 1.165) is 43.6 Å². The van der Waals surface area contributed by atoms with Gasteiger partial charge in [-0.25, -0.2) is 17.7 Å². The molecule has 0 amide bonds. The van der Waals surface area contributed by atoms with Crippen molar-refractivity contribution in [3.05, 3.63) is 17.7 Å². The van der Waals surface area contributed by atoms with Crippen LogP contribution in [-0.2, 0) is 10.0 Å². The molecule has 1 saturated heterocycles. The maximum absolute atomic E-state index is 12.7. The highest BCUT2D eigenvalue weighted by Crippen LogP contribution is 2.32. The molecule has 2 heterocycles. The van der Waals surface area contributed by atoms with Crippen LogP contribution in [0.15, 0.2) is 6.20 Å². The summed E-state index contributed by atoms with van der Waals surface area (Å²) in [7, 11) is -3.10.